The molecule has 5 rings (SSSR count). The highest BCUT2D eigenvalue weighted by Crippen LogP contribution is 2.30. The molecule has 0 amide bonds. The molecule has 1 aliphatic carbocycles. The van der Waals surface area contributed by atoms with E-state index in [1.54, 1.807) is 0 Å². The van der Waals surface area contributed by atoms with E-state index in [0.29, 0.717) is 12.7 Å². The summed E-state index contributed by atoms with van der Waals surface area (Å²) < 4.78 is 4.95. The third-order valence-corrected chi connectivity index (χ3v) is 6.32. The Kier molecular flexibility index (Phi) is 5.66. The van der Waals surface area contributed by atoms with Crippen molar-refractivity contribution in [2.75, 3.05) is 0 Å². The maximum Gasteiger partial charge on any atom is 0.199 e. The Morgan fingerprint density at radius 2 is 1.81 bits per heavy atom. The molecule has 158 valence electrons. The van der Waals surface area contributed by atoms with Crippen LogP contribution in [-0.4, -0.2) is 30.3 Å². The summed E-state index contributed by atoms with van der Waals surface area (Å²) in [5, 5.41) is 7.52. The zero-order chi connectivity index (χ0) is 21.2. The molecule has 0 unspecified atom stereocenters. The normalized spacial score (nSPS) is 13.9. The molecule has 5 nitrogen and oxygen atoms in total. The third kappa shape index (κ3) is 4.31. The van der Waals surface area contributed by atoms with E-state index in [-0.39, 0.29) is 0 Å². The van der Waals surface area contributed by atoms with E-state index < -0.39 is 0 Å². The molecular formula is C25H27N5S. The molecule has 2 aromatic heterocycles. The largest absolute Gasteiger partial charge is 0.300 e. The van der Waals surface area contributed by atoms with E-state index in [2.05, 4.69) is 63.8 Å². The zero-order valence-corrected chi connectivity index (χ0v) is 18.6. The van der Waals surface area contributed by atoms with Gasteiger partial charge in [-0.1, -0.05) is 43.3 Å². The van der Waals surface area contributed by atoms with Gasteiger partial charge in [0.2, 0.25) is 0 Å². The molecule has 0 spiro atoms. The quantitative estimate of drug-likeness (QED) is 0.339. The molecule has 2 aromatic carbocycles. The fourth-order valence-corrected chi connectivity index (χ4v) is 4.43. The van der Waals surface area contributed by atoms with E-state index >= 15 is 0 Å². The fourth-order valence-electron chi connectivity index (χ4n) is 4.15. The van der Waals surface area contributed by atoms with Crippen LogP contribution in [0.5, 0.6) is 0 Å². The van der Waals surface area contributed by atoms with Crippen LogP contribution in [0.25, 0.3) is 22.2 Å². The molecular weight excluding hydrogens is 402 g/mol. The lowest BCUT2D eigenvalue weighted by Gasteiger charge is -2.22. The molecule has 1 aliphatic rings. The van der Waals surface area contributed by atoms with E-state index in [0.717, 1.165) is 35.7 Å². The number of benzene rings is 2. The molecule has 2 heterocycles. The van der Waals surface area contributed by atoms with Crippen LogP contribution in [0.2, 0.25) is 0 Å². The van der Waals surface area contributed by atoms with Crippen LogP contribution >= 0.6 is 12.2 Å². The van der Waals surface area contributed by atoms with E-state index in [1.807, 2.05) is 29.2 Å². The van der Waals surface area contributed by atoms with Crippen LogP contribution in [0, 0.1) is 4.77 Å². The molecule has 0 radical (unpaired) electrons. The number of hydrogen-bond acceptors (Lipinski definition) is 4. The molecule has 0 N–H and O–H groups in total. The summed E-state index contributed by atoms with van der Waals surface area (Å²) in [7, 11) is 0. The lowest BCUT2D eigenvalue weighted by atomic mass is 10.1. The van der Waals surface area contributed by atoms with Gasteiger partial charge in [-0.3, -0.25) is 14.5 Å². The first-order valence-corrected chi connectivity index (χ1v) is 11.4. The zero-order valence-electron chi connectivity index (χ0n) is 17.8. The SMILES string of the molecule is CCCn1c(-c2ccncc2)nn(CN(Cc2ccc3ccccc3c2)C2CC2)c1=S. The van der Waals surface area contributed by atoms with Crippen molar-refractivity contribution in [3.8, 4) is 11.4 Å². The van der Waals surface area contributed by atoms with Gasteiger partial charge in [-0.2, -0.15) is 5.10 Å². The second-order valence-corrected chi connectivity index (χ2v) is 8.66. The lowest BCUT2D eigenvalue weighted by Crippen LogP contribution is -2.29. The predicted molar refractivity (Wildman–Crippen MR) is 127 cm³/mol. The molecule has 0 bridgehead atoms. The van der Waals surface area contributed by atoms with Crippen molar-refractivity contribution in [3.63, 3.8) is 0 Å². The molecule has 6 heteroatoms. The highest BCUT2D eigenvalue weighted by Gasteiger charge is 2.30. The average molecular weight is 430 g/mol. The van der Waals surface area contributed by atoms with Crippen molar-refractivity contribution in [2.45, 2.75) is 52.0 Å². The number of fused-ring (bicyclic) bond motifs is 1. The number of aromatic nitrogens is 4. The minimum atomic E-state index is 0.606. The van der Waals surface area contributed by atoms with Crippen LogP contribution in [0.3, 0.4) is 0 Å². The Hall–Kier alpha value is -2.83. The van der Waals surface area contributed by atoms with Gasteiger partial charge >= 0.3 is 0 Å². The molecule has 0 saturated heterocycles. The summed E-state index contributed by atoms with van der Waals surface area (Å²) in [5.74, 6) is 0.927. The first-order chi connectivity index (χ1) is 15.2. The number of rotatable bonds is 8. The predicted octanol–water partition coefficient (Wildman–Crippen LogP) is 5.66. The number of hydrogen-bond donors (Lipinski definition) is 0. The standard InChI is InChI=1S/C25H27N5S/c1-2-15-29-24(21-11-13-26-14-12-21)27-30(25(29)31)18-28(23-9-10-23)17-19-7-8-20-5-3-4-6-22(20)16-19/h3-8,11-14,16,23H,2,9-10,15,17-18H2,1H3. The Morgan fingerprint density at radius 1 is 1.03 bits per heavy atom. The van der Waals surface area contributed by atoms with Gasteiger partial charge in [0.05, 0.1) is 6.67 Å². The minimum Gasteiger partial charge on any atom is -0.300 e. The van der Waals surface area contributed by atoms with Gasteiger partial charge in [0, 0.05) is 37.1 Å². The maximum atomic E-state index is 5.85. The summed E-state index contributed by atoms with van der Waals surface area (Å²) >= 11 is 5.85. The summed E-state index contributed by atoms with van der Waals surface area (Å²) in [6.45, 7) is 4.66. The average Bonchev–Trinajstić information content (AvgIpc) is 3.61. The third-order valence-electron chi connectivity index (χ3n) is 5.89. The van der Waals surface area contributed by atoms with Crippen molar-refractivity contribution in [3.05, 3.63) is 77.3 Å². The van der Waals surface area contributed by atoms with Gasteiger partial charge < -0.3 is 0 Å². The van der Waals surface area contributed by atoms with Gasteiger partial charge in [0.25, 0.3) is 0 Å². The molecule has 0 atom stereocenters. The van der Waals surface area contributed by atoms with Crippen molar-refractivity contribution < 1.29 is 0 Å². The fraction of sp³-hybridized carbons (Fsp3) is 0.320. The van der Waals surface area contributed by atoms with Gasteiger partial charge in [-0.05, 0) is 66.0 Å². The highest BCUT2D eigenvalue weighted by molar-refractivity contribution is 7.71. The Morgan fingerprint density at radius 3 is 2.55 bits per heavy atom. The van der Waals surface area contributed by atoms with Gasteiger partial charge in [0.1, 0.15) is 0 Å². The van der Waals surface area contributed by atoms with Crippen molar-refractivity contribution >= 4 is 23.0 Å². The number of pyridine rings is 1. The Balaban J connectivity index is 1.44. The molecule has 1 fully saturated rings. The van der Waals surface area contributed by atoms with E-state index in [1.165, 1.54) is 29.2 Å². The maximum absolute atomic E-state index is 5.85. The van der Waals surface area contributed by atoms with Gasteiger partial charge in [0.15, 0.2) is 10.6 Å². The first kappa shape index (κ1) is 20.1. The second-order valence-electron chi connectivity index (χ2n) is 8.29. The summed E-state index contributed by atoms with van der Waals surface area (Å²) in [5.41, 5.74) is 2.39. The van der Waals surface area contributed by atoms with Gasteiger partial charge in [-0.25, -0.2) is 4.68 Å². The first-order valence-electron chi connectivity index (χ1n) is 11.0. The molecule has 31 heavy (non-hydrogen) atoms. The molecule has 0 aliphatic heterocycles. The van der Waals surface area contributed by atoms with Gasteiger partial charge in [-0.15, -0.1) is 0 Å². The summed E-state index contributed by atoms with van der Waals surface area (Å²) in [4.78, 5) is 6.66. The van der Waals surface area contributed by atoms with Crippen molar-refractivity contribution in [1.82, 2.24) is 24.2 Å². The summed E-state index contributed by atoms with van der Waals surface area (Å²) in [6, 6.07) is 19.9. The summed E-state index contributed by atoms with van der Waals surface area (Å²) in [6.07, 6.45) is 7.12. The minimum absolute atomic E-state index is 0.606. The molecule has 1 saturated carbocycles. The smallest absolute Gasteiger partial charge is 0.199 e. The second kappa shape index (κ2) is 8.73. The lowest BCUT2D eigenvalue weighted by molar-refractivity contribution is 0.186. The Bertz CT molecular complexity index is 1240. The van der Waals surface area contributed by atoms with Crippen LogP contribution < -0.4 is 0 Å². The van der Waals surface area contributed by atoms with E-state index in [9.17, 15) is 0 Å². The molecule has 4 aromatic rings. The van der Waals surface area contributed by atoms with Crippen LogP contribution in [0.15, 0.2) is 67.0 Å². The highest BCUT2D eigenvalue weighted by atomic mass is 32.1. The number of nitrogens with zero attached hydrogens (tertiary/aromatic N) is 5. The van der Waals surface area contributed by atoms with Crippen molar-refractivity contribution in [1.29, 1.82) is 0 Å². The van der Waals surface area contributed by atoms with Crippen LogP contribution in [-0.2, 0) is 19.8 Å². The Labute approximate surface area is 188 Å². The monoisotopic (exact) mass is 429 g/mol. The van der Waals surface area contributed by atoms with Crippen molar-refractivity contribution in [2.24, 2.45) is 0 Å². The van der Waals surface area contributed by atoms with Crippen LogP contribution in [0.4, 0.5) is 0 Å². The topological polar surface area (TPSA) is 38.9 Å². The van der Waals surface area contributed by atoms with Crippen LogP contribution in [0.1, 0.15) is 31.7 Å². The van der Waals surface area contributed by atoms with E-state index in [4.69, 9.17) is 17.3 Å².